The van der Waals surface area contributed by atoms with Crippen molar-refractivity contribution in [1.82, 2.24) is 10.2 Å². The van der Waals surface area contributed by atoms with E-state index in [1.807, 2.05) is 25.1 Å². The average Bonchev–Trinajstić information content (AvgIpc) is 2.41. The first-order valence-corrected chi connectivity index (χ1v) is 6.45. The molecule has 1 amide bonds. The van der Waals surface area contributed by atoms with Gasteiger partial charge in [0.2, 0.25) is 0 Å². The molecule has 0 unspecified atom stereocenters. The molecule has 2 rings (SSSR count). The van der Waals surface area contributed by atoms with E-state index in [1.165, 1.54) is 12.1 Å². The lowest BCUT2D eigenvalue weighted by Gasteiger charge is -2.12. The van der Waals surface area contributed by atoms with Crippen molar-refractivity contribution < 1.29 is 4.79 Å². The van der Waals surface area contributed by atoms with Gasteiger partial charge in [0.15, 0.2) is 0 Å². The van der Waals surface area contributed by atoms with Crippen LogP contribution >= 0.6 is 0 Å². The van der Waals surface area contributed by atoms with E-state index < -0.39 is 0 Å². The Morgan fingerprint density at radius 3 is 2.60 bits per heavy atom. The molecule has 0 aliphatic heterocycles. The molecule has 2 aromatic rings. The van der Waals surface area contributed by atoms with Crippen LogP contribution in [0.2, 0.25) is 0 Å². The van der Waals surface area contributed by atoms with Gasteiger partial charge in [-0.05, 0) is 36.1 Å². The van der Waals surface area contributed by atoms with Crippen LogP contribution in [0.5, 0.6) is 0 Å². The van der Waals surface area contributed by atoms with E-state index >= 15 is 0 Å². The van der Waals surface area contributed by atoms with Crippen molar-refractivity contribution in [2.45, 2.75) is 26.7 Å². The van der Waals surface area contributed by atoms with Gasteiger partial charge < -0.3 is 5.32 Å². The first-order chi connectivity index (χ1) is 9.47. The second-order valence-electron chi connectivity index (χ2n) is 4.99. The highest BCUT2D eigenvalue weighted by Gasteiger charge is 2.10. The summed E-state index contributed by atoms with van der Waals surface area (Å²) in [6.07, 6.45) is 0. The smallest absolute Gasteiger partial charge is 0.276 e. The van der Waals surface area contributed by atoms with E-state index in [-0.39, 0.29) is 17.2 Å². The van der Waals surface area contributed by atoms with E-state index in [9.17, 15) is 9.59 Å². The zero-order valence-electron chi connectivity index (χ0n) is 11.7. The van der Waals surface area contributed by atoms with Gasteiger partial charge in [-0.2, -0.15) is 5.10 Å². The Hall–Kier alpha value is -2.43. The highest BCUT2D eigenvalue weighted by molar-refractivity contribution is 6.03. The molecule has 20 heavy (non-hydrogen) atoms. The van der Waals surface area contributed by atoms with Crippen LogP contribution in [0.3, 0.4) is 0 Å². The number of hydrogen-bond donors (Lipinski definition) is 2. The van der Waals surface area contributed by atoms with E-state index in [1.54, 1.807) is 0 Å². The fourth-order valence-electron chi connectivity index (χ4n) is 1.79. The topological polar surface area (TPSA) is 74.8 Å². The number of aromatic amines is 1. The number of nitrogens with one attached hydrogen (secondary N) is 2. The first-order valence-electron chi connectivity index (χ1n) is 6.45. The molecular weight excluding hydrogens is 254 g/mol. The minimum Gasteiger partial charge on any atom is -0.320 e. The number of rotatable bonds is 3. The van der Waals surface area contributed by atoms with E-state index in [2.05, 4.69) is 29.4 Å². The summed E-state index contributed by atoms with van der Waals surface area (Å²) in [7, 11) is 0. The lowest BCUT2D eigenvalue weighted by molar-refractivity contribution is 0.102. The Bertz CT molecular complexity index is 669. The van der Waals surface area contributed by atoms with E-state index in [4.69, 9.17) is 0 Å². The molecule has 0 bridgehead atoms. The van der Waals surface area contributed by atoms with Crippen LogP contribution in [-0.4, -0.2) is 16.1 Å². The number of anilines is 1. The van der Waals surface area contributed by atoms with Crippen LogP contribution in [0, 0.1) is 6.92 Å². The van der Waals surface area contributed by atoms with Gasteiger partial charge in [0.1, 0.15) is 5.69 Å². The van der Waals surface area contributed by atoms with Gasteiger partial charge in [-0.15, -0.1) is 0 Å². The van der Waals surface area contributed by atoms with Crippen molar-refractivity contribution in [3.63, 3.8) is 0 Å². The number of carbonyl (C=O) groups excluding carboxylic acids is 1. The predicted octanol–water partition coefficient (Wildman–Crippen LogP) is 2.45. The maximum Gasteiger partial charge on any atom is 0.276 e. The van der Waals surface area contributed by atoms with E-state index in [0.717, 1.165) is 16.8 Å². The number of aromatic nitrogens is 2. The minimum absolute atomic E-state index is 0.180. The zero-order chi connectivity index (χ0) is 14.7. The van der Waals surface area contributed by atoms with Crippen LogP contribution in [0.4, 0.5) is 5.69 Å². The van der Waals surface area contributed by atoms with Gasteiger partial charge in [-0.25, -0.2) is 5.10 Å². The molecule has 104 valence electrons. The zero-order valence-corrected chi connectivity index (χ0v) is 11.7. The van der Waals surface area contributed by atoms with E-state index in [0.29, 0.717) is 5.92 Å². The average molecular weight is 271 g/mol. The summed E-state index contributed by atoms with van der Waals surface area (Å²) in [6.45, 7) is 6.12. The monoisotopic (exact) mass is 271 g/mol. The fraction of sp³-hybridized carbons (Fsp3) is 0.267. The molecule has 0 spiro atoms. The van der Waals surface area contributed by atoms with Crippen molar-refractivity contribution in [2.24, 2.45) is 0 Å². The Kier molecular flexibility index (Phi) is 3.98. The van der Waals surface area contributed by atoms with Crippen molar-refractivity contribution in [1.29, 1.82) is 0 Å². The number of carbonyl (C=O) groups is 1. The van der Waals surface area contributed by atoms with Gasteiger partial charge in [0, 0.05) is 11.8 Å². The summed E-state index contributed by atoms with van der Waals surface area (Å²) in [6, 6.07) is 8.66. The van der Waals surface area contributed by atoms with Gasteiger partial charge in [0.05, 0.1) is 0 Å². The van der Waals surface area contributed by atoms with Gasteiger partial charge in [-0.3, -0.25) is 9.59 Å². The molecule has 2 N–H and O–H groups in total. The van der Waals surface area contributed by atoms with Crippen LogP contribution in [0.1, 0.15) is 41.4 Å². The molecule has 0 aliphatic rings. The molecule has 5 heteroatoms. The highest BCUT2D eigenvalue weighted by atomic mass is 16.2. The molecule has 0 fully saturated rings. The minimum atomic E-state index is -0.342. The maximum absolute atomic E-state index is 12.1. The van der Waals surface area contributed by atoms with Crippen molar-refractivity contribution >= 4 is 11.6 Å². The summed E-state index contributed by atoms with van der Waals surface area (Å²) in [5.74, 6) is 0.0442. The first kappa shape index (κ1) is 14.0. The number of nitrogens with zero attached hydrogens (tertiary/aromatic N) is 1. The number of hydrogen-bond acceptors (Lipinski definition) is 3. The lowest BCUT2D eigenvalue weighted by atomic mass is 10.0. The SMILES string of the molecule is Cc1ccc(C(C)C)cc1NC(=O)c1ccc(=O)[nH]n1. The predicted molar refractivity (Wildman–Crippen MR) is 78.1 cm³/mol. The molecule has 0 atom stereocenters. The van der Waals surface area contributed by atoms with Crippen LogP contribution in [0.15, 0.2) is 35.1 Å². The van der Waals surface area contributed by atoms with Gasteiger partial charge in [0.25, 0.3) is 11.5 Å². The maximum atomic E-state index is 12.1. The third kappa shape index (κ3) is 3.12. The second-order valence-corrected chi connectivity index (χ2v) is 4.99. The summed E-state index contributed by atoms with van der Waals surface area (Å²) in [5, 5.41) is 8.77. The lowest BCUT2D eigenvalue weighted by Crippen LogP contribution is -2.18. The standard InChI is InChI=1S/C15H17N3O2/c1-9(2)11-5-4-10(3)13(8-11)16-15(20)12-6-7-14(19)18-17-12/h4-9H,1-3H3,(H,16,20)(H,18,19). The Balaban J connectivity index is 2.25. The number of aryl methyl sites for hydroxylation is 1. The second kappa shape index (κ2) is 5.69. The Morgan fingerprint density at radius 2 is 2.00 bits per heavy atom. The number of benzene rings is 1. The summed E-state index contributed by atoms with van der Waals surface area (Å²) >= 11 is 0. The normalized spacial score (nSPS) is 10.6. The van der Waals surface area contributed by atoms with Crippen LogP contribution < -0.4 is 10.9 Å². The molecule has 1 heterocycles. The van der Waals surface area contributed by atoms with Gasteiger partial charge >= 0.3 is 0 Å². The third-order valence-electron chi connectivity index (χ3n) is 3.09. The van der Waals surface area contributed by atoms with Crippen LogP contribution in [0.25, 0.3) is 0 Å². The molecule has 0 saturated carbocycles. The quantitative estimate of drug-likeness (QED) is 0.900. The molecule has 0 aliphatic carbocycles. The van der Waals surface area contributed by atoms with Crippen molar-refractivity contribution in [3.05, 3.63) is 57.5 Å². The number of H-pyrrole nitrogens is 1. The Labute approximate surface area is 117 Å². The van der Waals surface area contributed by atoms with Gasteiger partial charge in [-0.1, -0.05) is 26.0 Å². The Morgan fingerprint density at radius 1 is 1.25 bits per heavy atom. The van der Waals surface area contributed by atoms with Crippen molar-refractivity contribution in [3.8, 4) is 0 Å². The highest BCUT2D eigenvalue weighted by Crippen LogP contribution is 2.22. The largest absolute Gasteiger partial charge is 0.320 e. The van der Waals surface area contributed by atoms with Crippen LogP contribution in [-0.2, 0) is 0 Å². The molecule has 1 aromatic heterocycles. The molecule has 1 aromatic carbocycles. The van der Waals surface area contributed by atoms with Crippen molar-refractivity contribution in [2.75, 3.05) is 5.32 Å². The molecule has 0 radical (unpaired) electrons. The fourth-order valence-corrected chi connectivity index (χ4v) is 1.79. The third-order valence-corrected chi connectivity index (χ3v) is 3.09. The number of amides is 1. The summed E-state index contributed by atoms with van der Waals surface area (Å²) < 4.78 is 0. The summed E-state index contributed by atoms with van der Waals surface area (Å²) in [4.78, 5) is 23.0. The molecule has 5 nitrogen and oxygen atoms in total. The summed E-state index contributed by atoms with van der Waals surface area (Å²) in [5.41, 5.74) is 2.74. The molecule has 0 saturated heterocycles. The molecular formula is C15H17N3O2.